The number of carbonyl (C=O) groups is 2. The normalized spacial score (nSPS) is 14.1. The van der Waals surface area contributed by atoms with Gasteiger partial charge in [-0.3, -0.25) is 14.3 Å². The summed E-state index contributed by atoms with van der Waals surface area (Å²) < 4.78 is 1.95. The lowest BCUT2D eigenvalue weighted by atomic mass is 10.1. The number of hydrogen-bond acceptors (Lipinski definition) is 3. The molecule has 1 N–H and O–H groups in total. The zero-order valence-corrected chi connectivity index (χ0v) is 18.8. The Morgan fingerprint density at radius 1 is 0.938 bits per heavy atom. The van der Waals surface area contributed by atoms with Crippen molar-refractivity contribution < 1.29 is 9.59 Å². The second-order valence-corrected chi connectivity index (χ2v) is 8.49. The summed E-state index contributed by atoms with van der Waals surface area (Å²) in [5.41, 5.74) is 4.83. The Hall–Kier alpha value is -3.41. The lowest BCUT2D eigenvalue weighted by Crippen LogP contribution is -2.32. The standard InChI is InChI=1S/C26H30N4O2/c1-19-17-20(2)30(28-19)18-21-11-13-22(14-12-21)25(31)27-24-10-6-5-9-23(24)26(32)29-15-7-3-4-8-16-29/h5-6,9-14,17H,3-4,7-8,15-16,18H2,1-2H3,(H,27,31). The molecule has 166 valence electrons. The minimum atomic E-state index is -0.223. The van der Waals surface area contributed by atoms with Gasteiger partial charge < -0.3 is 10.2 Å². The smallest absolute Gasteiger partial charge is 0.255 e. The van der Waals surface area contributed by atoms with Crippen molar-refractivity contribution in [3.63, 3.8) is 0 Å². The first-order valence-corrected chi connectivity index (χ1v) is 11.3. The maximum atomic E-state index is 13.1. The lowest BCUT2D eigenvalue weighted by Gasteiger charge is -2.22. The van der Waals surface area contributed by atoms with Gasteiger partial charge in [0.2, 0.25) is 0 Å². The van der Waals surface area contributed by atoms with Crippen molar-refractivity contribution in [2.45, 2.75) is 46.1 Å². The van der Waals surface area contributed by atoms with E-state index in [2.05, 4.69) is 10.4 Å². The van der Waals surface area contributed by atoms with Crippen molar-refractivity contribution in [3.8, 4) is 0 Å². The molecule has 2 heterocycles. The number of benzene rings is 2. The van der Waals surface area contributed by atoms with Crippen molar-refractivity contribution in [1.82, 2.24) is 14.7 Å². The van der Waals surface area contributed by atoms with Gasteiger partial charge in [-0.2, -0.15) is 5.10 Å². The summed E-state index contributed by atoms with van der Waals surface area (Å²) in [5, 5.41) is 7.43. The highest BCUT2D eigenvalue weighted by atomic mass is 16.2. The maximum Gasteiger partial charge on any atom is 0.255 e. The number of aryl methyl sites for hydroxylation is 2. The molecular formula is C26H30N4O2. The van der Waals surface area contributed by atoms with Crippen LogP contribution in [0.25, 0.3) is 0 Å². The third-order valence-corrected chi connectivity index (χ3v) is 5.95. The van der Waals surface area contributed by atoms with E-state index in [1.165, 1.54) is 0 Å². The maximum absolute atomic E-state index is 13.1. The van der Waals surface area contributed by atoms with Crippen LogP contribution in [0.3, 0.4) is 0 Å². The molecule has 0 unspecified atom stereocenters. The summed E-state index contributed by atoms with van der Waals surface area (Å²) in [6.07, 6.45) is 4.39. The summed E-state index contributed by atoms with van der Waals surface area (Å²) in [7, 11) is 0. The number of anilines is 1. The fourth-order valence-corrected chi connectivity index (χ4v) is 4.19. The number of aromatic nitrogens is 2. The molecule has 1 saturated heterocycles. The molecule has 0 radical (unpaired) electrons. The van der Waals surface area contributed by atoms with E-state index in [-0.39, 0.29) is 11.8 Å². The van der Waals surface area contributed by atoms with Crippen molar-refractivity contribution >= 4 is 17.5 Å². The molecule has 0 atom stereocenters. The summed E-state index contributed by atoms with van der Waals surface area (Å²) in [6, 6.07) is 16.8. The Morgan fingerprint density at radius 3 is 2.28 bits per heavy atom. The number of nitrogens with zero attached hydrogens (tertiary/aromatic N) is 3. The van der Waals surface area contributed by atoms with Crippen molar-refractivity contribution in [3.05, 3.63) is 82.7 Å². The fraction of sp³-hybridized carbons (Fsp3) is 0.346. The predicted octanol–water partition coefficient (Wildman–Crippen LogP) is 4.82. The summed E-state index contributed by atoms with van der Waals surface area (Å²) in [6.45, 7) is 6.23. The lowest BCUT2D eigenvalue weighted by molar-refractivity contribution is 0.0762. The van der Waals surface area contributed by atoms with E-state index in [1.54, 1.807) is 12.1 Å². The number of hydrogen-bond donors (Lipinski definition) is 1. The molecule has 32 heavy (non-hydrogen) atoms. The Balaban J connectivity index is 1.46. The molecule has 1 aliphatic heterocycles. The van der Waals surface area contributed by atoms with Gasteiger partial charge >= 0.3 is 0 Å². The van der Waals surface area contributed by atoms with Crippen LogP contribution in [0.1, 0.15) is 63.4 Å². The predicted molar refractivity (Wildman–Crippen MR) is 126 cm³/mol. The van der Waals surface area contributed by atoms with Gasteiger partial charge in [-0.25, -0.2) is 0 Å². The molecule has 1 aromatic heterocycles. The van der Waals surface area contributed by atoms with Crippen molar-refractivity contribution in [2.75, 3.05) is 18.4 Å². The average Bonchev–Trinajstić information content (AvgIpc) is 2.98. The van der Waals surface area contributed by atoms with Gasteiger partial charge in [0.05, 0.1) is 23.5 Å². The highest BCUT2D eigenvalue weighted by Gasteiger charge is 2.21. The van der Waals surface area contributed by atoms with E-state index in [9.17, 15) is 9.59 Å². The van der Waals surface area contributed by atoms with Crippen molar-refractivity contribution in [2.24, 2.45) is 0 Å². The van der Waals surface area contributed by atoms with E-state index in [4.69, 9.17) is 0 Å². The van der Waals surface area contributed by atoms with Crippen LogP contribution in [-0.2, 0) is 6.54 Å². The molecule has 0 aliphatic carbocycles. The van der Waals surface area contributed by atoms with Crippen LogP contribution < -0.4 is 5.32 Å². The van der Waals surface area contributed by atoms with Gasteiger partial charge in [-0.05, 0) is 62.6 Å². The minimum absolute atomic E-state index is 0.0111. The van der Waals surface area contributed by atoms with E-state index in [0.717, 1.165) is 55.7 Å². The van der Waals surface area contributed by atoms with Gasteiger partial charge in [0.15, 0.2) is 0 Å². The largest absolute Gasteiger partial charge is 0.339 e. The Labute approximate surface area is 189 Å². The van der Waals surface area contributed by atoms with E-state index < -0.39 is 0 Å². The monoisotopic (exact) mass is 430 g/mol. The number of amides is 2. The molecule has 3 aromatic rings. The van der Waals surface area contributed by atoms with E-state index in [1.807, 2.05) is 65.9 Å². The molecule has 4 rings (SSSR count). The van der Waals surface area contributed by atoms with Crippen molar-refractivity contribution in [1.29, 1.82) is 0 Å². The molecule has 6 nitrogen and oxygen atoms in total. The second kappa shape index (κ2) is 9.81. The molecule has 6 heteroatoms. The van der Waals surface area contributed by atoms with E-state index >= 15 is 0 Å². The highest BCUT2D eigenvalue weighted by Crippen LogP contribution is 2.21. The van der Waals surface area contributed by atoms with Gasteiger partial charge in [0.1, 0.15) is 0 Å². The quantitative estimate of drug-likeness (QED) is 0.631. The third-order valence-electron chi connectivity index (χ3n) is 5.95. The molecular weight excluding hydrogens is 400 g/mol. The summed E-state index contributed by atoms with van der Waals surface area (Å²) >= 11 is 0. The Morgan fingerprint density at radius 2 is 1.62 bits per heavy atom. The average molecular weight is 431 g/mol. The Kier molecular flexibility index (Phi) is 6.69. The number of para-hydroxylation sites is 1. The SMILES string of the molecule is Cc1cc(C)n(Cc2ccc(C(=O)Nc3ccccc3C(=O)N3CCCCCC3)cc2)n1. The molecule has 2 aromatic carbocycles. The minimum Gasteiger partial charge on any atom is -0.339 e. The third kappa shape index (κ3) is 5.07. The number of rotatable bonds is 5. The number of likely N-dealkylation sites (tertiary alicyclic amines) is 1. The summed E-state index contributed by atoms with van der Waals surface area (Å²) in [4.78, 5) is 27.9. The topological polar surface area (TPSA) is 67.2 Å². The van der Waals surface area contributed by atoms with E-state index in [0.29, 0.717) is 23.4 Å². The zero-order chi connectivity index (χ0) is 22.5. The number of carbonyl (C=O) groups excluding carboxylic acids is 2. The second-order valence-electron chi connectivity index (χ2n) is 8.49. The van der Waals surface area contributed by atoms with Gasteiger partial charge in [-0.15, -0.1) is 0 Å². The first-order chi connectivity index (χ1) is 15.5. The van der Waals surface area contributed by atoms with Crippen LogP contribution in [-0.4, -0.2) is 39.6 Å². The van der Waals surface area contributed by atoms with Crippen LogP contribution >= 0.6 is 0 Å². The van der Waals surface area contributed by atoms with Crippen LogP contribution in [0.2, 0.25) is 0 Å². The van der Waals surface area contributed by atoms with Crippen LogP contribution in [0, 0.1) is 13.8 Å². The molecule has 2 amide bonds. The first kappa shape index (κ1) is 21.8. The first-order valence-electron chi connectivity index (χ1n) is 11.3. The van der Waals surface area contributed by atoms with Crippen LogP contribution in [0.4, 0.5) is 5.69 Å². The molecule has 0 saturated carbocycles. The molecule has 0 bridgehead atoms. The van der Waals surface area contributed by atoms with Gasteiger partial charge in [-0.1, -0.05) is 37.1 Å². The van der Waals surface area contributed by atoms with Crippen LogP contribution in [0.5, 0.6) is 0 Å². The van der Waals surface area contributed by atoms with Crippen LogP contribution in [0.15, 0.2) is 54.6 Å². The molecule has 1 aliphatic rings. The highest BCUT2D eigenvalue weighted by molar-refractivity contribution is 6.09. The van der Waals surface area contributed by atoms with Gasteiger partial charge in [0.25, 0.3) is 11.8 Å². The summed E-state index contributed by atoms with van der Waals surface area (Å²) in [5.74, 6) is -0.234. The zero-order valence-electron chi connectivity index (χ0n) is 18.8. The number of nitrogens with one attached hydrogen (secondary N) is 1. The fourth-order valence-electron chi connectivity index (χ4n) is 4.19. The molecule has 1 fully saturated rings. The Bertz CT molecular complexity index is 1090. The van der Waals surface area contributed by atoms with Gasteiger partial charge in [0, 0.05) is 24.3 Å². The molecule has 0 spiro atoms.